The maximum absolute atomic E-state index is 13.5. The molecule has 0 spiro atoms. The molecule has 2 aromatic carbocycles. The second kappa shape index (κ2) is 11.9. The number of halogens is 1. The summed E-state index contributed by atoms with van der Waals surface area (Å²) < 4.78 is 0. The van der Waals surface area contributed by atoms with Crippen LogP contribution in [0.5, 0.6) is 0 Å². The van der Waals surface area contributed by atoms with Crippen LogP contribution in [0.25, 0.3) is 0 Å². The van der Waals surface area contributed by atoms with Crippen LogP contribution in [-0.2, 0) is 16.1 Å². The molecule has 0 heterocycles. The number of allylic oxidation sites excluding steroid dienone is 1. The molecule has 0 unspecified atom stereocenters. The van der Waals surface area contributed by atoms with Crippen LogP contribution >= 0.6 is 11.6 Å². The predicted molar refractivity (Wildman–Crippen MR) is 130 cm³/mol. The predicted octanol–water partition coefficient (Wildman–Crippen LogP) is 6.07. The van der Waals surface area contributed by atoms with Gasteiger partial charge in [0.05, 0.1) is 0 Å². The van der Waals surface area contributed by atoms with E-state index in [-0.39, 0.29) is 17.7 Å². The van der Waals surface area contributed by atoms with Crippen LogP contribution in [-0.4, -0.2) is 23.3 Å². The monoisotopic (exact) mass is 452 g/mol. The molecule has 1 N–H and O–H groups in total. The fraction of sp³-hybridized carbons (Fsp3) is 0.407. The molecule has 0 fully saturated rings. The average molecular weight is 453 g/mol. The number of amides is 2. The van der Waals surface area contributed by atoms with Gasteiger partial charge in [-0.15, -0.1) is 0 Å². The van der Waals surface area contributed by atoms with Gasteiger partial charge < -0.3 is 10.2 Å². The number of benzene rings is 2. The van der Waals surface area contributed by atoms with Gasteiger partial charge in [-0.05, 0) is 55.4 Å². The lowest BCUT2D eigenvalue weighted by molar-refractivity contribution is -0.144. The summed E-state index contributed by atoms with van der Waals surface area (Å²) in [7, 11) is 0. The zero-order valence-electron chi connectivity index (χ0n) is 19.0. The molecule has 1 aliphatic rings. The molecule has 2 amide bonds. The first-order valence-corrected chi connectivity index (χ1v) is 11.9. The largest absolute Gasteiger partial charge is 0.354 e. The molecule has 0 saturated heterocycles. The summed E-state index contributed by atoms with van der Waals surface area (Å²) in [5.74, 6) is -0.428. The molecule has 3 rings (SSSR count). The highest BCUT2D eigenvalue weighted by molar-refractivity contribution is 6.30. The van der Waals surface area contributed by atoms with E-state index in [4.69, 9.17) is 11.6 Å². The van der Waals surface area contributed by atoms with Crippen LogP contribution in [0.1, 0.15) is 63.1 Å². The normalized spacial score (nSPS) is 14.6. The molecule has 1 atom stereocenters. The first-order chi connectivity index (χ1) is 15.5. The number of hydrogen-bond acceptors (Lipinski definition) is 2. The van der Waals surface area contributed by atoms with Crippen LogP contribution in [0.3, 0.4) is 0 Å². The van der Waals surface area contributed by atoms with E-state index in [0.29, 0.717) is 18.1 Å². The zero-order valence-corrected chi connectivity index (χ0v) is 19.8. The molecular weight excluding hydrogens is 420 g/mol. The third kappa shape index (κ3) is 6.70. The van der Waals surface area contributed by atoms with Crippen molar-refractivity contribution in [3.05, 3.63) is 82.4 Å². The molecule has 0 aliphatic heterocycles. The summed E-state index contributed by atoms with van der Waals surface area (Å²) in [6.45, 7) is 4.66. The van der Waals surface area contributed by atoms with E-state index in [1.807, 2.05) is 68.4 Å². The maximum atomic E-state index is 13.5. The zero-order chi connectivity index (χ0) is 22.9. The number of nitrogens with zero attached hydrogens (tertiary/aromatic N) is 1. The number of rotatable bonds is 9. The minimum Gasteiger partial charge on any atom is -0.354 e. The van der Waals surface area contributed by atoms with Crippen molar-refractivity contribution >= 4 is 23.4 Å². The molecule has 170 valence electrons. The molecule has 0 saturated carbocycles. The molecule has 0 aromatic heterocycles. The smallest absolute Gasteiger partial charge is 0.247 e. The molecule has 2 aromatic rings. The number of hydrogen-bond donors (Lipinski definition) is 1. The average Bonchev–Trinajstić information content (AvgIpc) is 2.81. The van der Waals surface area contributed by atoms with Crippen molar-refractivity contribution in [3.63, 3.8) is 0 Å². The lowest BCUT2D eigenvalue weighted by atomic mass is 9.97. The Hall–Kier alpha value is -2.59. The Morgan fingerprint density at radius 2 is 1.75 bits per heavy atom. The summed E-state index contributed by atoms with van der Waals surface area (Å²) in [5.41, 5.74) is 3.17. The van der Waals surface area contributed by atoms with Crippen LogP contribution in [0, 0.1) is 5.92 Å². The van der Waals surface area contributed by atoms with Crippen LogP contribution < -0.4 is 5.32 Å². The van der Waals surface area contributed by atoms with Crippen LogP contribution in [0.15, 0.2) is 66.2 Å². The molecule has 32 heavy (non-hydrogen) atoms. The van der Waals surface area contributed by atoms with Crippen LogP contribution in [0.2, 0.25) is 5.02 Å². The highest BCUT2D eigenvalue weighted by atomic mass is 35.5. The molecule has 0 bridgehead atoms. The fourth-order valence-corrected chi connectivity index (χ4v) is 4.22. The van der Waals surface area contributed by atoms with Crippen molar-refractivity contribution in [1.29, 1.82) is 0 Å². The number of carbonyl (C=O) groups excluding carboxylic acids is 2. The van der Waals surface area contributed by atoms with Gasteiger partial charge in [0.25, 0.3) is 0 Å². The topological polar surface area (TPSA) is 49.4 Å². The van der Waals surface area contributed by atoms with Gasteiger partial charge >= 0.3 is 0 Å². The summed E-state index contributed by atoms with van der Waals surface area (Å²) in [4.78, 5) is 28.4. The highest BCUT2D eigenvalue weighted by Crippen LogP contribution is 2.26. The Kier molecular flexibility index (Phi) is 8.92. The molecule has 1 aliphatic carbocycles. The van der Waals surface area contributed by atoms with Gasteiger partial charge in [0.2, 0.25) is 11.8 Å². The van der Waals surface area contributed by atoms with Crippen molar-refractivity contribution < 1.29 is 9.59 Å². The van der Waals surface area contributed by atoms with E-state index in [9.17, 15) is 9.59 Å². The van der Waals surface area contributed by atoms with Crippen molar-refractivity contribution in [3.8, 4) is 0 Å². The van der Waals surface area contributed by atoms with Crippen molar-refractivity contribution in [2.24, 2.45) is 5.92 Å². The minimum atomic E-state index is -0.692. The SMILES string of the molecule is CC(C)C(=O)N(Cc1ccc(Cl)cc1)[C@H](C(=O)NCCC1=CCCCC1)c1ccccc1. The van der Waals surface area contributed by atoms with Crippen molar-refractivity contribution in [1.82, 2.24) is 10.2 Å². The second-order valence-electron chi connectivity index (χ2n) is 8.71. The molecule has 4 nitrogen and oxygen atoms in total. The third-order valence-corrected chi connectivity index (χ3v) is 6.10. The Bertz CT molecular complexity index is 922. The van der Waals surface area contributed by atoms with Crippen molar-refractivity contribution in [2.45, 2.75) is 58.5 Å². The summed E-state index contributed by atoms with van der Waals surface area (Å²) in [5, 5.41) is 3.75. The maximum Gasteiger partial charge on any atom is 0.247 e. The van der Waals surface area contributed by atoms with Crippen LogP contribution in [0.4, 0.5) is 0 Å². The van der Waals surface area contributed by atoms with E-state index in [1.54, 1.807) is 4.90 Å². The fourth-order valence-electron chi connectivity index (χ4n) is 4.10. The van der Waals surface area contributed by atoms with E-state index < -0.39 is 6.04 Å². The summed E-state index contributed by atoms with van der Waals surface area (Å²) in [6.07, 6.45) is 7.90. The molecule has 5 heteroatoms. The lowest BCUT2D eigenvalue weighted by Gasteiger charge is -2.33. The molecular formula is C27H33ClN2O2. The van der Waals surface area contributed by atoms with Gasteiger partial charge in [0.15, 0.2) is 0 Å². The number of carbonyl (C=O) groups is 2. The lowest BCUT2D eigenvalue weighted by Crippen LogP contribution is -2.45. The quantitative estimate of drug-likeness (QED) is 0.469. The Balaban J connectivity index is 1.84. The first-order valence-electron chi connectivity index (χ1n) is 11.5. The Morgan fingerprint density at radius 1 is 1.03 bits per heavy atom. The van der Waals surface area contributed by atoms with Gasteiger partial charge in [-0.25, -0.2) is 0 Å². The summed E-state index contributed by atoms with van der Waals surface area (Å²) in [6, 6.07) is 16.3. The van der Waals surface area contributed by atoms with Gasteiger partial charge in [0.1, 0.15) is 6.04 Å². The highest BCUT2D eigenvalue weighted by Gasteiger charge is 2.32. The van der Waals surface area contributed by atoms with Gasteiger partial charge in [-0.2, -0.15) is 0 Å². The first kappa shape index (κ1) is 24.1. The van der Waals surface area contributed by atoms with Crippen molar-refractivity contribution in [2.75, 3.05) is 6.54 Å². The van der Waals surface area contributed by atoms with E-state index in [0.717, 1.165) is 30.4 Å². The second-order valence-corrected chi connectivity index (χ2v) is 9.15. The third-order valence-electron chi connectivity index (χ3n) is 5.85. The number of nitrogens with one attached hydrogen (secondary N) is 1. The van der Waals surface area contributed by atoms with Gasteiger partial charge in [-0.3, -0.25) is 9.59 Å². The minimum absolute atomic E-state index is 0.0565. The van der Waals surface area contributed by atoms with E-state index in [1.165, 1.54) is 18.4 Å². The Labute approximate surface area is 196 Å². The summed E-state index contributed by atoms with van der Waals surface area (Å²) >= 11 is 6.04. The Morgan fingerprint density at radius 3 is 2.38 bits per heavy atom. The standard InChI is InChI=1S/C27H33ClN2O2/c1-20(2)27(32)30(19-22-13-15-24(28)16-14-22)25(23-11-7-4-8-12-23)26(31)29-18-17-21-9-5-3-6-10-21/h4,7-9,11-16,20,25H,3,5-6,10,17-19H2,1-2H3,(H,29,31)/t25-/m0/s1. The molecule has 0 radical (unpaired) electrons. The van der Waals surface area contributed by atoms with E-state index >= 15 is 0 Å². The van der Waals surface area contributed by atoms with Gasteiger partial charge in [-0.1, -0.05) is 79.6 Å². The van der Waals surface area contributed by atoms with Gasteiger partial charge in [0, 0.05) is 24.0 Å². The van der Waals surface area contributed by atoms with E-state index in [2.05, 4.69) is 11.4 Å².